The zero-order valence-electron chi connectivity index (χ0n) is 52.8. The summed E-state index contributed by atoms with van der Waals surface area (Å²) in [6.07, 6.45) is 95.9. The average Bonchev–Trinajstić information content (AvgIpc) is 3.47. The summed E-state index contributed by atoms with van der Waals surface area (Å²) in [5.74, 6) is -0.934. The molecule has 0 saturated carbocycles. The highest BCUT2D eigenvalue weighted by atomic mass is 16.6. The first-order valence-electron chi connectivity index (χ1n) is 33.7. The summed E-state index contributed by atoms with van der Waals surface area (Å²) < 4.78 is 16.9. The molecule has 0 fully saturated rings. The maximum Gasteiger partial charge on any atom is 0.306 e. The van der Waals surface area contributed by atoms with Crippen molar-refractivity contribution in [1.29, 1.82) is 0 Å². The quantitative estimate of drug-likeness (QED) is 0.0261. The zero-order chi connectivity index (χ0) is 58.5. The van der Waals surface area contributed by atoms with Crippen molar-refractivity contribution >= 4 is 17.9 Å². The van der Waals surface area contributed by atoms with Gasteiger partial charge in [0.05, 0.1) is 0 Å². The highest BCUT2D eigenvalue weighted by Crippen LogP contribution is 2.15. The van der Waals surface area contributed by atoms with Crippen molar-refractivity contribution in [3.8, 4) is 0 Å². The molecule has 6 nitrogen and oxygen atoms in total. The summed E-state index contributed by atoms with van der Waals surface area (Å²) >= 11 is 0. The van der Waals surface area contributed by atoms with Crippen LogP contribution in [0.1, 0.15) is 303 Å². The van der Waals surface area contributed by atoms with Gasteiger partial charge in [0.1, 0.15) is 13.2 Å². The third-order valence-corrected chi connectivity index (χ3v) is 14.1. The molecule has 0 amide bonds. The number of hydrogen-bond acceptors (Lipinski definition) is 6. The van der Waals surface area contributed by atoms with Gasteiger partial charge in [0.25, 0.3) is 0 Å². The van der Waals surface area contributed by atoms with Crippen LogP contribution in [0.2, 0.25) is 0 Å². The van der Waals surface area contributed by atoms with E-state index in [0.29, 0.717) is 19.3 Å². The molecule has 0 aliphatic heterocycles. The van der Waals surface area contributed by atoms with Crippen molar-refractivity contribution in [2.45, 2.75) is 309 Å². The Kier molecular flexibility index (Phi) is 64.3. The van der Waals surface area contributed by atoms with Gasteiger partial charge >= 0.3 is 17.9 Å². The van der Waals surface area contributed by atoms with Crippen molar-refractivity contribution in [2.75, 3.05) is 13.2 Å². The first kappa shape index (κ1) is 76.5. The van der Waals surface area contributed by atoms with Gasteiger partial charge in [-0.05, 0) is 141 Å². The molecule has 460 valence electrons. The maximum absolute atomic E-state index is 13.0. The molecule has 0 rings (SSSR count). The van der Waals surface area contributed by atoms with Gasteiger partial charge in [-0.2, -0.15) is 0 Å². The largest absolute Gasteiger partial charge is 0.462 e. The molecule has 0 aliphatic rings. The Hall–Kier alpha value is -4.45. The Morgan fingerprint density at radius 3 is 0.778 bits per heavy atom. The molecule has 0 aromatic carbocycles. The van der Waals surface area contributed by atoms with Crippen molar-refractivity contribution < 1.29 is 28.6 Å². The van der Waals surface area contributed by atoms with Gasteiger partial charge in [-0.3, -0.25) is 14.4 Å². The van der Waals surface area contributed by atoms with Crippen LogP contribution in [0.5, 0.6) is 0 Å². The van der Waals surface area contributed by atoms with E-state index >= 15 is 0 Å². The van der Waals surface area contributed by atoms with E-state index < -0.39 is 6.10 Å². The lowest BCUT2D eigenvalue weighted by molar-refractivity contribution is -0.167. The van der Waals surface area contributed by atoms with Crippen LogP contribution in [0.3, 0.4) is 0 Å². The van der Waals surface area contributed by atoms with Crippen LogP contribution in [0.25, 0.3) is 0 Å². The lowest BCUT2D eigenvalue weighted by Gasteiger charge is -2.18. The molecule has 0 radical (unpaired) electrons. The van der Waals surface area contributed by atoms with Crippen molar-refractivity contribution in [3.63, 3.8) is 0 Å². The summed E-state index contributed by atoms with van der Waals surface area (Å²) in [5.41, 5.74) is 0. The average molecular weight is 1120 g/mol. The summed E-state index contributed by atoms with van der Waals surface area (Å²) in [6.45, 7) is 6.47. The highest BCUT2D eigenvalue weighted by Gasteiger charge is 2.19. The third kappa shape index (κ3) is 66.2. The van der Waals surface area contributed by atoms with Gasteiger partial charge in [-0.1, -0.05) is 276 Å². The second-order valence-electron chi connectivity index (χ2n) is 22.0. The second-order valence-corrected chi connectivity index (χ2v) is 22.0. The molecule has 0 aromatic rings. The van der Waals surface area contributed by atoms with E-state index in [1.54, 1.807) is 0 Å². The molecule has 0 aromatic heterocycles. The van der Waals surface area contributed by atoms with Crippen LogP contribution in [-0.2, 0) is 28.6 Å². The van der Waals surface area contributed by atoms with Crippen LogP contribution in [0.4, 0.5) is 0 Å². The van der Waals surface area contributed by atoms with E-state index in [1.807, 2.05) is 0 Å². The minimum Gasteiger partial charge on any atom is -0.462 e. The Bertz CT molecular complexity index is 1720. The predicted molar refractivity (Wildman–Crippen MR) is 353 cm³/mol. The number of esters is 3. The molecule has 0 N–H and O–H groups in total. The Labute approximate surface area is 500 Å². The fourth-order valence-corrected chi connectivity index (χ4v) is 9.07. The molecule has 0 bridgehead atoms. The molecule has 0 saturated heterocycles. The highest BCUT2D eigenvalue weighted by molar-refractivity contribution is 5.71. The molecule has 0 heterocycles. The Morgan fingerprint density at radius 2 is 0.481 bits per heavy atom. The fourth-order valence-electron chi connectivity index (χ4n) is 9.07. The molecule has 1 unspecified atom stereocenters. The molecule has 0 spiro atoms. The van der Waals surface area contributed by atoms with Crippen LogP contribution >= 0.6 is 0 Å². The number of carbonyl (C=O) groups excluding carboxylic acids is 3. The number of ether oxygens (including phenoxy) is 3. The zero-order valence-corrected chi connectivity index (χ0v) is 52.8. The van der Waals surface area contributed by atoms with Crippen LogP contribution in [-0.4, -0.2) is 37.2 Å². The Balaban J connectivity index is 4.49. The Morgan fingerprint density at radius 1 is 0.259 bits per heavy atom. The SMILES string of the molecule is CC/C=C\C/C=C\C/C=C\C/C=C\C/C=C\C/C=C\CCCCCCC(=O)OCC(COC(=O)CCCCCCCCCCC/C=C\C/C=C\CCCCC)OC(=O)CCCCCCCC/C=C\C/C=C\C/C=C\CCCCCCC. The van der Waals surface area contributed by atoms with E-state index in [1.165, 1.54) is 122 Å². The number of unbranched alkanes of at least 4 members (excludes halogenated alkanes) is 27. The van der Waals surface area contributed by atoms with Gasteiger partial charge in [0.15, 0.2) is 6.10 Å². The first-order valence-corrected chi connectivity index (χ1v) is 33.7. The monoisotopic (exact) mass is 1120 g/mol. The molecule has 1 atom stereocenters. The van der Waals surface area contributed by atoms with Crippen LogP contribution < -0.4 is 0 Å². The normalized spacial score (nSPS) is 13.0. The summed E-state index contributed by atoms with van der Waals surface area (Å²) in [7, 11) is 0. The third-order valence-electron chi connectivity index (χ3n) is 14.1. The maximum atomic E-state index is 13.0. The topological polar surface area (TPSA) is 78.9 Å². The van der Waals surface area contributed by atoms with Gasteiger partial charge < -0.3 is 14.2 Å². The second kappa shape index (κ2) is 68.1. The van der Waals surface area contributed by atoms with Gasteiger partial charge in [0, 0.05) is 19.3 Å². The standard InChI is InChI=1S/C75H124O6/c1-4-7-10-13-16-19-22-25-28-31-34-36-37-39-41-44-47-50-53-56-59-62-65-68-74(77)80-71-72(70-79-73(76)67-64-61-58-55-52-49-46-43-40-33-30-27-24-21-18-15-12-9-6-3)81-75(78)69-66-63-60-57-54-51-48-45-42-38-35-32-29-26-23-20-17-14-11-8-5-2/h7,10,16,18-19,21,23,25-28,30,32,34-36,39,41-42,45,47,50,72H,4-6,8-9,11-15,17,20,22,24,29,31,33,37-38,40,43-44,46,48-49,51-71H2,1-3H3/b10-7-,19-16-,21-18-,26-23-,28-25-,30-27-,35-32-,36-34-,41-39-,45-42-,50-47-. The number of rotatable bonds is 60. The van der Waals surface area contributed by atoms with Gasteiger partial charge in [-0.15, -0.1) is 0 Å². The lowest BCUT2D eigenvalue weighted by atomic mass is 10.1. The summed E-state index contributed by atoms with van der Waals surface area (Å²) in [5, 5.41) is 0. The molecular formula is C75H124O6. The van der Waals surface area contributed by atoms with E-state index in [4.69, 9.17) is 14.2 Å². The van der Waals surface area contributed by atoms with E-state index in [0.717, 1.165) is 141 Å². The van der Waals surface area contributed by atoms with Crippen molar-refractivity contribution in [1.82, 2.24) is 0 Å². The lowest BCUT2D eigenvalue weighted by Crippen LogP contribution is -2.30. The minimum atomic E-state index is -0.805. The van der Waals surface area contributed by atoms with Gasteiger partial charge in [0.2, 0.25) is 0 Å². The van der Waals surface area contributed by atoms with Crippen molar-refractivity contribution in [3.05, 3.63) is 134 Å². The smallest absolute Gasteiger partial charge is 0.306 e. The number of carbonyl (C=O) groups is 3. The van der Waals surface area contributed by atoms with Crippen molar-refractivity contribution in [2.24, 2.45) is 0 Å². The number of allylic oxidation sites excluding steroid dienone is 22. The minimum absolute atomic E-state index is 0.0974. The molecular weight excluding hydrogens is 997 g/mol. The van der Waals surface area contributed by atoms with E-state index in [-0.39, 0.29) is 31.1 Å². The van der Waals surface area contributed by atoms with Crippen LogP contribution in [0.15, 0.2) is 134 Å². The van der Waals surface area contributed by atoms with E-state index in [9.17, 15) is 14.4 Å². The number of hydrogen-bond donors (Lipinski definition) is 0. The first-order chi connectivity index (χ1) is 40.0. The van der Waals surface area contributed by atoms with Crippen LogP contribution in [0, 0.1) is 0 Å². The molecule has 81 heavy (non-hydrogen) atoms. The summed E-state index contributed by atoms with van der Waals surface area (Å²) in [4.78, 5) is 38.4. The van der Waals surface area contributed by atoms with Gasteiger partial charge in [-0.25, -0.2) is 0 Å². The fraction of sp³-hybridized carbons (Fsp3) is 0.667. The van der Waals surface area contributed by atoms with E-state index in [2.05, 4.69) is 154 Å². The summed E-state index contributed by atoms with van der Waals surface area (Å²) in [6, 6.07) is 0. The molecule has 0 aliphatic carbocycles. The molecule has 6 heteroatoms. The predicted octanol–water partition coefficient (Wildman–Crippen LogP) is 23.3.